The summed E-state index contributed by atoms with van der Waals surface area (Å²) in [6, 6.07) is 5.26. The highest BCUT2D eigenvalue weighted by Gasteiger charge is 2.54. The summed E-state index contributed by atoms with van der Waals surface area (Å²) in [5.74, 6) is 2.52. The van der Waals surface area contributed by atoms with Crippen molar-refractivity contribution in [1.29, 1.82) is 0 Å². The molecule has 4 saturated carbocycles. The van der Waals surface area contributed by atoms with Gasteiger partial charge in [0.25, 0.3) is 0 Å². The molecule has 162 valence electrons. The van der Waals surface area contributed by atoms with E-state index in [0.717, 1.165) is 60.3 Å². The highest BCUT2D eigenvalue weighted by Crippen LogP contribution is 2.60. The summed E-state index contributed by atoms with van der Waals surface area (Å²) < 4.78 is 27.1. The number of hydrogen-bond acceptors (Lipinski definition) is 4. The van der Waals surface area contributed by atoms with Crippen LogP contribution >= 0.6 is 0 Å². The minimum Gasteiger partial charge on any atom is -0.299 e. The molecule has 0 unspecified atom stereocenters. The van der Waals surface area contributed by atoms with Crippen LogP contribution in [0.3, 0.4) is 0 Å². The molecule has 1 aliphatic heterocycles. The maximum atomic E-state index is 13.7. The molecule has 0 radical (unpaired) electrons. The molecule has 0 aromatic heterocycles. The van der Waals surface area contributed by atoms with E-state index >= 15 is 0 Å². The van der Waals surface area contributed by atoms with Gasteiger partial charge in [0.2, 0.25) is 10.0 Å². The van der Waals surface area contributed by atoms with Crippen LogP contribution < -0.4 is 4.72 Å². The number of nitrogens with zero attached hydrogens (tertiary/aromatic N) is 1. The van der Waals surface area contributed by atoms with Gasteiger partial charge in [-0.3, -0.25) is 9.79 Å². The molecule has 6 heteroatoms. The van der Waals surface area contributed by atoms with Gasteiger partial charge in [-0.25, -0.2) is 13.1 Å². The topological polar surface area (TPSA) is 75.6 Å². The molecule has 1 aromatic rings. The standard InChI is InChI=1S/C24H32N2O3S/c1-23(2)14-18-4-5-19(30(28,29)25-3)9-20(18)21(26-23)10-22(27)24-11-15-6-16(12-24)8-17(7-15)13-24/h4-5,9,15-17,25H,6-8,10-14H2,1-3H3. The number of carbonyl (C=O) groups is 1. The van der Waals surface area contributed by atoms with E-state index in [2.05, 4.69) is 18.6 Å². The molecule has 1 N–H and O–H groups in total. The minimum absolute atomic E-state index is 0.159. The largest absolute Gasteiger partial charge is 0.299 e. The first-order valence-electron chi connectivity index (χ1n) is 11.3. The zero-order valence-corrected chi connectivity index (χ0v) is 19.0. The van der Waals surface area contributed by atoms with E-state index < -0.39 is 10.0 Å². The summed E-state index contributed by atoms with van der Waals surface area (Å²) in [6.07, 6.45) is 8.17. The molecule has 4 aliphatic carbocycles. The zero-order chi connectivity index (χ0) is 21.3. The zero-order valence-electron chi connectivity index (χ0n) is 18.2. The van der Waals surface area contributed by atoms with Gasteiger partial charge in [0.1, 0.15) is 5.78 Å². The summed E-state index contributed by atoms with van der Waals surface area (Å²) >= 11 is 0. The average Bonchev–Trinajstić information content (AvgIpc) is 2.65. The number of ketones is 1. The van der Waals surface area contributed by atoms with Crippen molar-refractivity contribution in [2.45, 2.75) is 75.6 Å². The molecule has 5 nitrogen and oxygen atoms in total. The predicted molar refractivity (Wildman–Crippen MR) is 117 cm³/mol. The maximum absolute atomic E-state index is 13.7. The molecule has 0 atom stereocenters. The van der Waals surface area contributed by atoms with Crippen LogP contribution in [-0.4, -0.2) is 32.5 Å². The first kappa shape index (κ1) is 20.4. The van der Waals surface area contributed by atoms with Gasteiger partial charge in [0, 0.05) is 17.4 Å². The van der Waals surface area contributed by atoms with Crippen molar-refractivity contribution in [2.24, 2.45) is 28.2 Å². The van der Waals surface area contributed by atoms with Crippen LogP contribution in [0.2, 0.25) is 0 Å². The lowest BCUT2D eigenvalue weighted by atomic mass is 9.48. The monoisotopic (exact) mass is 428 g/mol. The van der Waals surface area contributed by atoms with Crippen molar-refractivity contribution in [2.75, 3.05) is 7.05 Å². The van der Waals surface area contributed by atoms with Crippen molar-refractivity contribution in [3.63, 3.8) is 0 Å². The van der Waals surface area contributed by atoms with Crippen LogP contribution in [0.15, 0.2) is 28.1 Å². The number of benzene rings is 1. The Morgan fingerprint density at radius 2 is 1.70 bits per heavy atom. The van der Waals surface area contributed by atoms with Crippen molar-refractivity contribution < 1.29 is 13.2 Å². The Hall–Kier alpha value is -1.53. The fourth-order valence-corrected chi connectivity index (χ4v) is 7.88. The number of Topliss-reactive ketones (excluding diaryl/α,β-unsaturated/α-hetero) is 1. The van der Waals surface area contributed by atoms with Crippen molar-refractivity contribution in [3.05, 3.63) is 29.3 Å². The second-order valence-electron chi connectivity index (χ2n) is 10.9. The predicted octanol–water partition coefficient (Wildman–Crippen LogP) is 3.89. The summed E-state index contributed by atoms with van der Waals surface area (Å²) in [4.78, 5) is 18.9. The molecule has 4 fully saturated rings. The van der Waals surface area contributed by atoms with Crippen LogP contribution in [0.1, 0.15) is 69.9 Å². The molecule has 6 rings (SSSR count). The van der Waals surface area contributed by atoms with Crippen LogP contribution in [0.4, 0.5) is 0 Å². The van der Waals surface area contributed by atoms with Gasteiger partial charge >= 0.3 is 0 Å². The molecule has 30 heavy (non-hydrogen) atoms. The summed E-state index contributed by atoms with van der Waals surface area (Å²) in [5.41, 5.74) is 2.25. The summed E-state index contributed by atoms with van der Waals surface area (Å²) in [5, 5.41) is 0. The SMILES string of the molecule is CNS(=O)(=O)c1ccc2c(c1)C(CC(=O)C13CC4CC(CC(C4)C1)C3)=NC(C)(C)C2. The van der Waals surface area contributed by atoms with E-state index in [1.54, 1.807) is 12.1 Å². The molecule has 0 amide bonds. The Labute approximate surface area is 179 Å². The molecular weight excluding hydrogens is 396 g/mol. The summed E-state index contributed by atoms with van der Waals surface area (Å²) in [6.45, 7) is 4.17. The smallest absolute Gasteiger partial charge is 0.240 e. The van der Waals surface area contributed by atoms with Crippen molar-refractivity contribution in [3.8, 4) is 0 Å². The first-order valence-corrected chi connectivity index (χ1v) is 12.8. The number of rotatable bonds is 5. The second kappa shape index (κ2) is 6.73. The molecule has 0 spiro atoms. The normalized spacial score (nSPS) is 33.8. The molecular formula is C24H32N2O3S. The third-order valence-corrected chi connectivity index (χ3v) is 9.40. The second-order valence-corrected chi connectivity index (χ2v) is 12.8. The van der Waals surface area contributed by atoms with Gasteiger partial charge in [0.05, 0.1) is 16.1 Å². The van der Waals surface area contributed by atoms with E-state index in [-0.39, 0.29) is 15.8 Å². The molecule has 1 heterocycles. The Balaban J connectivity index is 1.49. The molecule has 0 saturated heterocycles. The fourth-order valence-electron chi connectivity index (χ4n) is 7.12. The Kier molecular flexibility index (Phi) is 4.57. The highest BCUT2D eigenvalue weighted by molar-refractivity contribution is 7.89. The number of hydrogen-bond donors (Lipinski definition) is 1. The van der Waals surface area contributed by atoms with E-state index in [1.807, 2.05) is 6.07 Å². The number of carbonyl (C=O) groups excluding carboxylic acids is 1. The Morgan fingerprint density at radius 3 is 2.27 bits per heavy atom. The highest BCUT2D eigenvalue weighted by atomic mass is 32.2. The van der Waals surface area contributed by atoms with E-state index in [1.165, 1.54) is 26.3 Å². The van der Waals surface area contributed by atoms with Crippen LogP contribution in [0, 0.1) is 23.2 Å². The lowest BCUT2D eigenvalue weighted by molar-refractivity contribution is -0.142. The van der Waals surface area contributed by atoms with Crippen LogP contribution in [0.5, 0.6) is 0 Å². The third kappa shape index (κ3) is 3.36. The first-order chi connectivity index (χ1) is 14.1. The molecule has 4 bridgehead atoms. The van der Waals surface area contributed by atoms with Crippen molar-refractivity contribution in [1.82, 2.24) is 4.72 Å². The van der Waals surface area contributed by atoms with E-state index in [4.69, 9.17) is 4.99 Å². The minimum atomic E-state index is -3.54. The lowest BCUT2D eigenvalue weighted by Gasteiger charge is -2.56. The lowest BCUT2D eigenvalue weighted by Crippen LogP contribution is -2.50. The Morgan fingerprint density at radius 1 is 1.10 bits per heavy atom. The third-order valence-electron chi connectivity index (χ3n) is 7.99. The van der Waals surface area contributed by atoms with Gasteiger partial charge in [-0.15, -0.1) is 0 Å². The fraction of sp³-hybridized carbons (Fsp3) is 0.667. The molecule has 1 aromatic carbocycles. The molecule has 5 aliphatic rings. The van der Waals surface area contributed by atoms with Crippen molar-refractivity contribution >= 4 is 21.5 Å². The number of aliphatic imine (C=N–C) groups is 1. The van der Waals surface area contributed by atoms with Gasteiger partial charge in [-0.2, -0.15) is 0 Å². The van der Waals surface area contributed by atoms with E-state index in [9.17, 15) is 13.2 Å². The average molecular weight is 429 g/mol. The number of nitrogens with one attached hydrogen (secondary N) is 1. The number of fused-ring (bicyclic) bond motifs is 1. The van der Waals surface area contributed by atoms with Gasteiger partial charge in [0.15, 0.2) is 0 Å². The van der Waals surface area contributed by atoms with Crippen LogP contribution in [-0.2, 0) is 21.2 Å². The van der Waals surface area contributed by atoms with Gasteiger partial charge < -0.3 is 0 Å². The van der Waals surface area contributed by atoms with Crippen LogP contribution in [0.25, 0.3) is 0 Å². The summed E-state index contributed by atoms with van der Waals surface area (Å²) in [7, 11) is -2.12. The van der Waals surface area contributed by atoms with E-state index in [0.29, 0.717) is 12.2 Å². The van der Waals surface area contributed by atoms with Gasteiger partial charge in [-0.05, 0) is 101 Å². The number of sulfonamides is 1. The Bertz CT molecular complexity index is 1000. The van der Waals surface area contributed by atoms with Gasteiger partial charge in [-0.1, -0.05) is 6.07 Å². The quantitative estimate of drug-likeness (QED) is 0.773. The maximum Gasteiger partial charge on any atom is 0.240 e.